The molecule has 3 aliphatic rings. The SMILES string of the molecule is C[C@]1(OC(=O)/C=C/c2ccccc2)CC(O)[C@]2(O)C=COC(OC3OC(CO)C(O)C(O)C3O)C21. The second kappa shape index (κ2) is 9.96. The van der Waals surface area contributed by atoms with Crippen molar-refractivity contribution in [1.29, 1.82) is 0 Å². The highest BCUT2D eigenvalue weighted by Crippen LogP contribution is 2.51. The monoisotopic (exact) mass is 494 g/mol. The molecule has 0 bridgehead atoms. The molecule has 1 saturated heterocycles. The van der Waals surface area contributed by atoms with Gasteiger partial charge < -0.3 is 49.6 Å². The standard InChI is InChI=1S/C24H30O11/c1-23(35-16(27)8-7-13-5-3-2-4-6-13)11-15(26)24(31)9-10-32-22(20(23)24)34-21-19(30)18(29)17(28)14(12-25)33-21/h2-10,14-15,17-22,25-26,28-31H,11-12H2,1H3/b8-7+/t14?,15?,17?,18?,19?,20?,21?,22?,23-,24+/m0/s1. The third-order valence-electron chi connectivity index (χ3n) is 6.77. The molecular weight excluding hydrogens is 464 g/mol. The summed E-state index contributed by atoms with van der Waals surface area (Å²) in [6.07, 6.45) is -5.57. The zero-order valence-electron chi connectivity index (χ0n) is 19.0. The van der Waals surface area contributed by atoms with Gasteiger partial charge in [0.25, 0.3) is 0 Å². The van der Waals surface area contributed by atoms with Crippen LogP contribution in [-0.4, -0.2) is 97.5 Å². The van der Waals surface area contributed by atoms with Crippen molar-refractivity contribution in [3.05, 3.63) is 54.3 Å². The Bertz CT molecular complexity index is 950. The summed E-state index contributed by atoms with van der Waals surface area (Å²) in [5.41, 5.74) is -2.62. The van der Waals surface area contributed by atoms with Crippen LogP contribution in [0, 0.1) is 5.92 Å². The van der Waals surface area contributed by atoms with Crippen LogP contribution in [0.15, 0.2) is 48.7 Å². The third kappa shape index (κ3) is 4.86. The predicted molar refractivity (Wildman–Crippen MR) is 118 cm³/mol. The summed E-state index contributed by atoms with van der Waals surface area (Å²) >= 11 is 0. The van der Waals surface area contributed by atoms with Crippen LogP contribution in [0.25, 0.3) is 6.08 Å². The van der Waals surface area contributed by atoms with E-state index in [0.717, 1.165) is 11.8 Å². The van der Waals surface area contributed by atoms with E-state index in [1.165, 1.54) is 19.1 Å². The highest BCUT2D eigenvalue weighted by Gasteiger charge is 2.66. The largest absolute Gasteiger partial charge is 0.472 e. The van der Waals surface area contributed by atoms with Crippen molar-refractivity contribution >= 4 is 12.0 Å². The fourth-order valence-electron chi connectivity index (χ4n) is 4.92. The van der Waals surface area contributed by atoms with Gasteiger partial charge in [-0.1, -0.05) is 30.3 Å². The van der Waals surface area contributed by atoms with Crippen LogP contribution in [0.1, 0.15) is 18.9 Å². The van der Waals surface area contributed by atoms with E-state index in [9.17, 15) is 35.4 Å². The molecule has 10 atom stereocenters. The van der Waals surface area contributed by atoms with Gasteiger partial charge in [-0.15, -0.1) is 0 Å². The average Bonchev–Trinajstić information content (AvgIpc) is 3.03. The summed E-state index contributed by atoms with van der Waals surface area (Å²) in [5.74, 6) is -1.90. The number of fused-ring (bicyclic) bond motifs is 1. The molecule has 0 amide bonds. The molecule has 1 saturated carbocycles. The van der Waals surface area contributed by atoms with Gasteiger partial charge in [0.1, 0.15) is 35.6 Å². The Morgan fingerprint density at radius 2 is 1.83 bits per heavy atom. The Balaban J connectivity index is 1.55. The molecule has 192 valence electrons. The number of benzene rings is 1. The minimum Gasteiger partial charge on any atom is -0.472 e. The summed E-state index contributed by atoms with van der Waals surface area (Å²) in [6.45, 7) is 0.852. The molecule has 35 heavy (non-hydrogen) atoms. The van der Waals surface area contributed by atoms with Crippen molar-refractivity contribution in [2.24, 2.45) is 5.92 Å². The smallest absolute Gasteiger partial charge is 0.331 e. The van der Waals surface area contributed by atoms with E-state index in [1.807, 2.05) is 18.2 Å². The summed E-state index contributed by atoms with van der Waals surface area (Å²) in [6, 6.07) is 9.06. The summed E-state index contributed by atoms with van der Waals surface area (Å²) in [5, 5.41) is 61.7. The van der Waals surface area contributed by atoms with E-state index in [-0.39, 0.29) is 6.42 Å². The summed E-state index contributed by atoms with van der Waals surface area (Å²) in [7, 11) is 0. The number of aliphatic hydroxyl groups is 6. The number of aliphatic hydroxyl groups excluding tert-OH is 5. The fourth-order valence-corrected chi connectivity index (χ4v) is 4.92. The van der Waals surface area contributed by atoms with Crippen LogP contribution in [0.5, 0.6) is 0 Å². The zero-order chi connectivity index (χ0) is 25.4. The molecule has 8 unspecified atom stereocenters. The lowest BCUT2D eigenvalue weighted by Crippen LogP contribution is -2.62. The van der Waals surface area contributed by atoms with Crippen molar-refractivity contribution in [3.8, 4) is 0 Å². The van der Waals surface area contributed by atoms with Crippen LogP contribution >= 0.6 is 0 Å². The van der Waals surface area contributed by atoms with Crippen LogP contribution < -0.4 is 0 Å². The molecule has 11 heteroatoms. The Morgan fingerprint density at radius 3 is 2.51 bits per heavy atom. The maximum Gasteiger partial charge on any atom is 0.331 e. The number of hydrogen-bond acceptors (Lipinski definition) is 11. The zero-order valence-corrected chi connectivity index (χ0v) is 19.0. The number of hydrogen-bond donors (Lipinski definition) is 6. The lowest BCUT2D eigenvalue weighted by atomic mass is 9.81. The van der Waals surface area contributed by atoms with Crippen molar-refractivity contribution in [1.82, 2.24) is 0 Å². The molecular formula is C24H30O11. The molecule has 2 heterocycles. The van der Waals surface area contributed by atoms with Gasteiger partial charge in [-0.2, -0.15) is 0 Å². The molecule has 0 aromatic heterocycles. The maximum absolute atomic E-state index is 12.6. The summed E-state index contributed by atoms with van der Waals surface area (Å²) < 4.78 is 22.3. The van der Waals surface area contributed by atoms with Crippen LogP contribution in [0.4, 0.5) is 0 Å². The van der Waals surface area contributed by atoms with Crippen LogP contribution in [0.2, 0.25) is 0 Å². The van der Waals surface area contributed by atoms with Gasteiger partial charge in [0.05, 0.1) is 24.9 Å². The van der Waals surface area contributed by atoms with E-state index in [0.29, 0.717) is 0 Å². The van der Waals surface area contributed by atoms with E-state index in [2.05, 4.69) is 0 Å². The van der Waals surface area contributed by atoms with Crippen LogP contribution in [-0.2, 0) is 23.7 Å². The summed E-state index contributed by atoms with van der Waals surface area (Å²) in [4.78, 5) is 12.6. The molecule has 6 N–H and O–H groups in total. The van der Waals surface area contributed by atoms with Gasteiger partial charge in [-0.3, -0.25) is 0 Å². The minimum atomic E-state index is -1.91. The first-order valence-corrected chi connectivity index (χ1v) is 11.2. The Kier molecular flexibility index (Phi) is 7.32. The first-order chi connectivity index (χ1) is 16.6. The van der Waals surface area contributed by atoms with Gasteiger partial charge in [0.15, 0.2) is 6.29 Å². The highest BCUT2D eigenvalue weighted by molar-refractivity contribution is 5.87. The number of carbonyl (C=O) groups is 1. The Labute approximate surface area is 201 Å². The third-order valence-corrected chi connectivity index (χ3v) is 6.77. The Morgan fingerprint density at radius 1 is 1.11 bits per heavy atom. The van der Waals surface area contributed by atoms with Gasteiger partial charge in [0, 0.05) is 12.5 Å². The molecule has 1 aliphatic carbocycles. The van der Waals surface area contributed by atoms with Gasteiger partial charge >= 0.3 is 5.97 Å². The number of esters is 1. The molecule has 2 fully saturated rings. The minimum absolute atomic E-state index is 0.151. The van der Waals surface area contributed by atoms with Gasteiger partial charge in [0.2, 0.25) is 6.29 Å². The molecule has 4 rings (SSSR count). The van der Waals surface area contributed by atoms with Gasteiger partial charge in [-0.25, -0.2) is 4.79 Å². The quantitative estimate of drug-likeness (QED) is 0.207. The van der Waals surface area contributed by atoms with Gasteiger partial charge in [-0.05, 0) is 24.6 Å². The second-order valence-corrected chi connectivity index (χ2v) is 9.20. The lowest BCUT2D eigenvalue weighted by molar-refractivity contribution is -0.351. The molecule has 2 aliphatic heterocycles. The second-order valence-electron chi connectivity index (χ2n) is 9.20. The van der Waals surface area contributed by atoms with E-state index in [4.69, 9.17) is 18.9 Å². The van der Waals surface area contributed by atoms with Crippen LogP contribution in [0.3, 0.4) is 0 Å². The topological polar surface area (TPSA) is 175 Å². The maximum atomic E-state index is 12.6. The highest BCUT2D eigenvalue weighted by atomic mass is 16.8. The molecule has 1 aromatic rings. The molecule has 0 spiro atoms. The predicted octanol–water partition coefficient (Wildman–Crippen LogP) is -1.20. The van der Waals surface area contributed by atoms with E-state index >= 15 is 0 Å². The first kappa shape index (κ1) is 25.7. The normalized spacial score (nSPS) is 43.1. The molecule has 1 aromatic carbocycles. The fraction of sp³-hybridized carbons (Fsp3) is 0.542. The van der Waals surface area contributed by atoms with Crippen molar-refractivity contribution in [3.63, 3.8) is 0 Å². The number of ether oxygens (including phenoxy) is 4. The van der Waals surface area contributed by atoms with E-state index in [1.54, 1.807) is 18.2 Å². The molecule has 11 nitrogen and oxygen atoms in total. The van der Waals surface area contributed by atoms with E-state index < -0.39 is 72.8 Å². The van der Waals surface area contributed by atoms with Crippen molar-refractivity contribution in [2.45, 2.75) is 67.6 Å². The average molecular weight is 494 g/mol. The lowest BCUT2D eigenvalue weighted by Gasteiger charge is -2.45. The Hall–Kier alpha value is -2.35. The molecule has 0 radical (unpaired) electrons. The number of rotatable bonds is 6. The first-order valence-electron chi connectivity index (χ1n) is 11.2. The number of carbonyl (C=O) groups excluding carboxylic acids is 1. The van der Waals surface area contributed by atoms with Crippen molar-refractivity contribution < 1.29 is 54.4 Å². The van der Waals surface area contributed by atoms with Crippen molar-refractivity contribution in [2.75, 3.05) is 6.61 Å².